The minimum absolute atomic E-state index is 0.167. The van der Waals surface area contributed by atoms with Gasteiger partial charge in [-0.2, -0.15) is 0 Å². The van der Waals surface area contributed by atoms with Crippen molar-refractivity contribution in [3.05, 3.63) is 35.9 Å². The maximum absolute atomic E-state index is 11.4. The topological polar surface area (TPSA) is 29.5 Å². The number of carbonyl (C=O) groups is 1. The monoisotopic (exact) mass is 263 g/mol. The molecule has 1 aromatic rings. The van der Waals surface area contributed by atoms with E-state index in [1.807, 2.05) is 39.0 Å². The first-order valence-corrected chi connectivity index (χ1v) is 6.88. The third-order valence-corrected chi connectivity index (χ3v) is 2.70. The molecule has 1 aliphatic rings. The van der Waals surface area contributed by atoms with E-state index in [1.54, 1.807) is 4.90 Å². The summed E-state index contributed by atoms with van der Waals surface area (Å²) in [6.45, 7) is 9.47. The van der Waals surface area contributed by atoms with E-state index in [-0.39, 0.29) is 11.7 Å². The van der Waals surface area contributed by atoms with Crippen molar-refractivity contribution in [3.63, 3.8) is 0 Å². The number of benzene rings is 1. The highest BCUT2D eigenvalue weighted by Crippen LogP contribution is 2.14. The van der Waals surface area contributed by atoms with Gasteiger partial charge in [-0.05, 0) is 40.5 Å². The second kappa shape index (κ2) is 7.17. The van der Waals surface area contributed by atoms with E-state index in [1.165, 1.54) is 5.56 Å². The lowest BCUT2D eigenvalue weighted by Crippen LogP contribution is -2.34. The molecular formula is C16H25NO2. The van der Waals surface area contributed by atoms with Crippen molar-refractivity contribution in [2.75, 3.05) is 13.1 Å². The van der Waals surface area contributed by atoms with Gasteiger partial charge in [0, 0.05) is 13.1 Å². The van der Waals surface area contributed by atoms with Gasteiger partial charge < -0.3 is 9.64 Å². The number of ether oxygens (including phenoxy) is 1. The van der Waals surface area contributed by atoms with E-state index in [9.17, 15) is 4.79 Å². The fourth-order valence-corrected chi connectivity index (χ4v) is 1.76. The van der Waals surface area contributed by atoms with Crippen LogP contribution in [0.2, 0.25) is 0 Å². The quantitative estimate of drug-likeness (QED) is 0.707. The molecule has 0 radical (unpaired) electrons. The van der Waals surface area contributed by atoms with Gasteiger partial charge in [-0.15, -0.1) is 0 Å². The SMILES string of the molecule is CC(C)(C)OC(=O)N1CCCC1.Cc1ccccc1. The highest BCUT2D eigenvalue weighted by molar-refractivity contribution is 5.68. The molecule has 3 heteroatoms. The summed E-state index contributed by atoms with van der Waals surface area (Å²) in [6, 6.07) is 10.3. The molecule has 0 bridgehead atoms. The zero-order valence-corrected chi connectivity index (χ0v) is 12.5. The highest BCUT2D eigenvalue weighted by atomic mass is 16.6. The number of nitrogens with zero attached hydrogens (tertiary/aromatic N) is 1. The molecule has 1 heterocycles. The molecule has 0 N–H and O–H groups in total. The van der Waals surface area contributed by atoms with Gasteiger partial charge in [-0.1, -0.05) is 35.9 Å². The van der Waals surface area contributed by atoms with Crippen molar-refractivity contribution in [2.45, 2.75) is 46.1 Å². The molecule has 1 saturated heterocycles. The summed E-state index contributed by atoms with van der Waals surface area (Å²) in [5, 5.41) is 0. The van der Waals surface area contributed by atoms with E-state index in [2.05, 4.69) is 19.1 Å². The summed E-state index contributed by atoms with van der Waals surface area (Å²) in [5.74, 6) is 0. The third-order valence-electron chi connectivity index (χ3n) is 2.70. The van der Waals surface area contributed by atoms with Gasteiger partial charge in [0.05, 0.1) is 0 Å². The van der Waals surface area contributed by atoms with Crippen LogP contribution in [0, 0.1) is 6.92 Å². The van der Waals surface area contributed by atoms with Gasteiger partial charge in [0.25, 0.3) is 0 Å². The largest absolute Gasteiger partial charge is 0.444 e. The lowest BCUT2D eigenvalue weighted by molar-refractivity contribution is 0.0295. The summed E-state index contributed by atoms with van der Waals surface area (Å²) in [5.41, 5.74) is 0.960. The molecule has 0 atom stereocenters. The number of hydrogen-bond acceptors (Lipinski definition) is 2. The van der Waals surface area contributed by atoms with Gasteiger partial charge in [0.1, 0.15) is 5.60 Å². The van der Waals surface area contributed by atoms with Crippen LogP contribution >= 0.6 is 0 Å². The first kappa shape index (κ1) is 15.5. The Balaban J connectivity index is 0.000000218. The standard InChI is InChI=1S/C9H17NO2.C7H8/c1-9(2,3)12-8(11)10-6-4-5-7-10;1-7-5-3-2-4-6-7/h4-7H2,1-3H3;2-6H,1H3. The Morgan fingerprint density at radius 2 is 1.63 bits per heavy atom. The molecular weight excluding hydrogens is 238 g/mol. The van der Waals surface area contributed by atoms with E-state index in [0.29, 0.717) is 0 Å². The van der Waals surface area contributed by atoms with Gasteiger partial charge in [0.15, 0.2) is 0 Å². The van der Waals surface area contributed by atoms with Crippen molar-refractivity contribution in [1.29, 1.82) is 0 Å². The van der Waals surface area contributed by atoms with Crippen molar-refractivity contribution < 1.29 is 9.53 Å². The number of amides is 1. The van der Waals surface area contributed by atoms with E-state index in [4.69, 9.17) is 4.74 Å². The Labute approximate surface area is 116 Å². The van der Waals surface area contributed by atoms with Gasteiger partial charge in [-0.3, -0.25) is 0 Å². The van der Waals surface area contributed by atoms with Gasteiger partial charge in [0.2, 0.25) is 0 Å². The molecule has 0 unspecified atom stereocenters. The molecule has 3 nitrogen and oxygen atoms in total. The number of rotatable bonds is 0. The molecule has 1 aliphatic heterocycles. The maximum atomic E-state index is 11.4. The van der Waals surface area contributed by atoms with Crippen molar-refractivity contribution in [2.24, 2.45) is 0 Å². The van der Waals surface area contributed by atoms with Crippen LogP contribution in [-0.4, -0.2) is 29.7 Å². The van der Waals surface area contributed by atoms with Crippen LogP contribution in [0.25, 0.3) is 0 Å². The zero-order valence-electron chi connectivity index (χ0n) is 12.5. The molecule has 19 heavy (non-hydrogen) atoms. The second-order valence-electron chi connectivity index (χ2n) is 5.83. The summed E-state index contributed by atoms with van der Waals surface area (Å²) in [4.78, 5) is 13.1. The Morgan fingerprint density at radius 1 is 1.11 bits per heavy atom. The average molecular weight is 263 g/mol. The minimum Gasteiger partial charge on any atom is -0.444 e. The molecule has 0 aromatic heterocycles. The predicted molar refractivity (Wildman–Crippen MR) is 78.2 cm³/mol. The first-order chi connectivity index (χ1) is 8.88. The van der Waals surface area contributed by atoms with Crippen LogP contribution in [0.15, 0.2) is 30.3 Å². The van der Waals surface area contributed by atoms with E-state index in [0.717, 1.165) is 25.9 Å². The fraction of sp³-hybridized carbons (Fsp3) is 0.562. The van der Waals surface area contributed by atoms with Gasteiger partial charge in [-0.25, -0.2) is 4.79 Å². The van der Waals surface area contributed by atoms with Crippen LogP contribution in [0.1, 0.15) is 39.2 Å². The Bertz CT molecular complexity index is 375. The Hall–Kier alpha value is -1.51. The molecule has 1 amide bonds. The number of hydrogen-bond donors (Lipinski definition) is 0. The number of aryl methyl sites for hydroxylation is 1. The molecule has 2 rings (SSSR count). The maximum Gasteiger partial charge on any atom is 0.410 e. The number of carbonyl (C=O) groups excluding carboxylic acids is 1. The van der Waals surface area contributed by atoms with Crippen LogP contribution in [0.3, 0.4) is 0 Å². The Kier molecular flexibility index (Phi) is 5.87. The van der Waals surface area contributed by atoms with E-state index >= 15 is 0 Å². The molecule has 0 aliphatic carbocycles. The van der Waals surface area contributed by atoms with Crippen LogP contribution < -0.4 is 0 Å². The molecule has 1 fully saturated rings. The minimum atomic E-state index is -0.361. The third kappa shape index (κ3) is 6.85. The first-order valence-electron chi connectivity index (χ1n) is 6.88. The van der Waals surface area contributed by atoms with Crippen LogP contribution in [-0.2, 0) is 4.74 Å². The molecule has 0 saturated carbocycles. The normalized spacial score (nSPS) is 14.6. The average Bonchev–Trinajstić information content (AvgIpc) is 2.82. The van der Waals surface area contributed by atoms with Crippen molar-refractivity contribution >= 4 is 6.09 Å². The lowest BCUT2D eigenvalue weighted by Gasteiger charge is -2.23. The summed E-state index contributed by atoms with van der Waals surface area (Å²) >= 11 is 0. The zero-order chi connectivity index (χ0) is 14.3. The summed E-state index contributed by atoms with van der Waals surface area (Å²) in [7, 11) is 0. The van der Waals surface area contributed by atoms with Crippen LogP contribution in [0.5, 0.6) is 0 Å². The van der Waals surface area contributed by atoms with E-state index < -0.39 is 0 Å². The number of likely N-dealkylation sites (tertiary alicyclic amines) is 1. The summed E-state index contributed by atoms with van der Waals surface area (Å²) in [6.07, 6.45) is 2.05. The predicted octanol–water partition coefficient (Wildman–Crippen LogP) is 4.01. The van der Waals surface area contributed by atoms with Crippen molar-refractivity contribution in [1.82, 2.24) is 4.90 Å². The lowest BCUT2D eigenvalue weighted by atomic mass is 10.2. The fourth-order valence-electron chi connectivity index (χ4n) is 1.76. The smallest absolute Gasteiger partial charge is 0.410 e. The summed E-state index contributed by atoms with van der Waals surface area (Å²) < 4.78 is 5.21. The molecule has 1 aromatic carbocycles. The van der Waals surface area contributed by atoms with Crippen molar-refractivity contribution in [3.8, 4) is 0 Å². The molecule has 0 spiro atoms. The molecule has 106 valence electrons. The Morgan fingerprint density at radius 3 is 2.00 bits per heavy atom. The highest BCUT2D eigenvalue weighted by Gasteiger charge is 2.23. The van der Waals surface area contributed by atoms with Gasteiger partial charge >= 0.3 is 6.09 Å². The van der Waals surface area contributed by atoms with Crippen LogP contribution in [0.4, 0.5) is 4.79 Å². The second-order valence-corrected chi connectivity index (χ2v) is 5.83.